The van der Waals surface area contributed by atoms with Gasteiger partial charge in [0.1, 0.15) is 0 Å². The van der Waals surface area contributed by atoms with E-state index >= 15 is 0 Å². The molecular weight excluding hydrogens is 451 g/mol. The predicted molar refractivity (Wildman–Crippen MR) is 116 cm³/mol. The molecule has 8 nitrogen and oxygen atoms in total. The largest absolute Gasteiger partial charge is 0.378 e. The summed E-state index contributed by atoms with van der Waals surface area (Å²) in [5.74, 6) is -3.83. The smallest absolute Gasteiger partial charge is 0.324 e. The van der Waals surface area contributed by atoms with Gasteiger partial charge in [-0.3, -0.25) is 4.79 Å². The molecule has 174 valence electrons. The van der Waals surface area contributed by atoms with Crippen molar-refractivity contribution in [2.45, 2.75) is 6.54 Å². The number of hydrogen-bond acceptors (Lipinski definition) is 7. The van der Waals surface area contributed by atoms with Crippen molar-refractivity contribution in [3.05, 3.63) is 81.9 Å². The van der Waals surface area contributed by atoms with E-state index in [1.807, 2.05) is 11.0 Å². The lowest BCUT2D eigenvalue weighted by Crippen LogP contribution is -2.36. The van der Waals surface area contributed by atoms with Crippen LogP contribution in [0.5, 0.6) is 0 Å². The highest BCUT2D eigenvalue weighted by atomic mass is 19.2. The summed E-state index contributed by atoms with van der Waals surface area (Å²) in [4.78, 5) is 18.8. The Morgan fingerprint density at radius 1 is 0.941 bits per heavy atom. The number of ether oxygens (including phenoxy) is 1. The van der Waals surface area contributed by atoms with Crippen LogP contribution in [0.3, 0.4) is 0 Å². The van der Waals surface area contributed by atoms with Gasteiger partial charge >= 0.3 is 6.01 Å². The second-order valence-electron chi connectivity index (χ2n) is 7.67. The average molecular weight is 469 g/mol. The molecule has 1 saturated heterocycles. The maximum absolute atomic E-state index is 13.6. The van der Waals surface area contributed by atoms with E-state index in [2.05, 4.69) is 15.2 Å². The van der Waals surface area contributed by atoms with Crippen molar-refractivity contribution in [3.8, 4) is 22.6 Å². The molecule has 2 aromatic heterocycles. The summed E-state index contributed by atoms with van der Waals surface area (Å²) in [5.41, 5.74) is 1.14. The first-order chi connectivity index (χ1) is 16.5. The van der Waals surface area contributed by atoms with Crippen LogP contribution in [-0.4, -0.2) is 46.2 Å². The van der Waals surface area contributed by atoms with Gasteiger partial charge in [-0.15, -0.1) is 0 Å². The Morgan fingerprint density at radius 3 is 2.47 bits per heavy atom. The molecule has 3 heterocycles. The molecule has 0 amide bonds. The third-order valence-electron chi connectivity index (χ3n) is 5.36. The van der Waals surface area contributed by atoms with E-state index in [-0.39, 0.29) is 17.8 Å². The number of benzene rings is 2. The highest BCUT2D eigenvalue weighted by Gasteiger charge is 2.18. The van der Waals surface area contributed by atoms with Crippen molar-refractivity contribution in [2.24, 2.45) is 0 Å². The molecule has 0 atom stereocenters. The van der Waals surface area contributed by atoms with E-state index in [0.717, 1.165) is 22.4 Å². The topological polar surface area (TPSA) is 86.3 Å². The molecule has 1 aliphatic rings. The normalized spacial score (nSPS) is 13.9. The molecular formula is C23H18F3N5O3. The minimum atomic E-state index is -1.56. The lowest BCUT2D eigenvalue weighted by molar-refractivity contribution is 0.119. The molecule has 0 bridgehead atoms. The number of anilines is 1. The summed E-state index contributed by atoms with van der Waals surface area (Å²) >= 11 is 0. The number of rotatable bonds is 5. The SMILES string of the molecule is O=c1ccc(-c2cc(F)c(F)c(F)c2)nn1Cc1cccc(-c2noc(N3CCOCC3)n2)c1. The van der Waals surface area contributed by atoms with Crippen LogP contribution in [0.4, 0.5) is 19.2 Å². The van der Waals surface area contributed by atoms with E-state index in [1.165, 1.54) is 12.1 Å². The maximum atomic E-state index is 13.6. The second kappa shape index (κ2) is 9.10. The van der Waals surface area contributed by atoms with Gasteiger partial charge < -0.3 is 14.2 Å². The van der Waals surface area contributed by atoms with Gasteiger partial charge in [0.05, 0.1) is 25.5 Å². The minimum absolute atomic E-state index is 0.0151. The molecule has 0 aliphatic carbocycles. The van der Waals surface area contributed by atoms with Crippen LogP contribution in [0, 0.1) is 17.5 Å². The molecule has 0 radical (unpaired) electrons. The quantitative estimate of drug-likeness (QED) is 0.415. The fourth-order valence-electron chi connectivity index (χ4n) is 3.62. The van der Waals surface area contributed by atoms with Crippen LogP contribution in [-0.2, 0) is 11.3 Å². The van der Waals surface area contributed by atoms with Crippen LogP contribution < -0.4 is 10.5 Å². The van der Waals surface area contributed by atoms with Gasteiger partial charge in [-0.05, 0) is 29.8 Å². The average Bonchev–Trinajstić information content (AvgIpc) is 3.35. The molecule has 4 aromatic rings. The Balaban J connectivity index is 1.40. The summed E-state index contributed by atoms with van der Waals surface area (Å²) in [5, 5.41) is 8.25. The first kappa shape index (κ1) is 21.8. The molecule has 5 rings (SSSR count). The van der Waals surface area contributed by atoms with E-state index < -0.39 is 23.0 Å². The Kier molecular flexibility index (Phi) is 5.84. The summed E-state index contributed by atoms with van der Waals surface area (Å²) in [6.45, 7) is 2.58. The van der Waals surface area contributed by atoms with E-state index in [0.29, 0.717) is 43.7 Å². The number of aromatic nitrogens is 4. The molecule has 0 N–H and O–H groups in total. The molecule has 1 fully saturated rings. The maximum Gasteiger partial charge on any atom is 0.324 e. The molecule has 0 spiro atoms. The number of morpholine rings is 1. The standard InChI is InChI=1S/C23H18F3N5O3/c24-17-11-16(12-18(25)21(17)26)19-4-5-20(32)31(28-19)13-14-2-1-3-15(10-14)22-27-23(34-29-22)30-6-8-33-9-7-30/h1-5,10-12H,6-9,13H2. The number of nitrogens with zero attached hydrogens (tertiary/aromatic N) is 5. The van der Waals surface area contributed by atoms with Crippen LogP contribution in [0.1, 0.15) is 5.56 Å². The van der Waals surface area contributed by atoms with Crippen molar-refractivity contribution in [2.75, 3.05) is 31.2 Å². The Morgan fingerprint density at radius 2 is 1.71 bits per heavy atom. The lowest BCUT2D eigenvalue weighted by atomic mass is 10.1. The van der Waals surface area contributed by atoms with Gasteiger partial charge in [0.15, 0.2) is 17.5 Å². The van der Waals surface area contributed by atoms with Gasteiger partial charge in [0, 0.05) is 30.3 Å². The van der Waals surface area contributed by atoms with Crippen molar-refractivity contribution < 1.29 is 22.4 Å². The van der Waals surface area contributed by atoms with E-state index in [9.17, 15) is 18.0 Å². The fourth-order valence-corrected chi connectivity index (χ4v) is 3.62. The van der Waals surface area contributed by atoms with Crippen LogP contribution in [0.25, 0.3) is 22.6 Å². The molecule has 0 unspecified atom stereocenters. The molecule has 0 saturated carbocycles. The van der Waals surface area contributed by atoms with E-state index in [1.54, 1.807) is 18.2 Å². The van der Waals surface area contributed by atoms with Crippen molar-refractivity contribution in [3.63, 3.8) is 0 Å². The van der Waals surface area contributed by atoms with Crippen molar-refractivity contribution in [1.82, 2.24) is 19.9 Å². The van der Waals surface area contributed by atoms with Crippen LogP contribution >= 0.6 is 0 Å². The molecule has 2 aromatic carbocycles. The summed E-state index contributed by atoms with van der Waals surface area (Å²) in [6, 6.07) is 11.8. The fraction of sp³-hybridized carbons (Fsp3) is 0.217. The second-order valence-corrected chi connectivity index (χ2v) is 7.67. The van der Waals surface area contributed by atoms with Crippen molar-refractivity contribution >= 4 is 6.01 Å². The van der Waals surface area contributed by atoms with Crippen LogP contribution in [0.2, 0.25) is 0 Å². The third kappa shape index (κ3) is 4.42. The third-order valence-corrected chi connectivity index (χ3v) is 5.36. The van der Waals surface area contributed by atoms with Gasteiger partial charge in [-0.1, -0.05) is 23.4 Å². The zero-order valence-electron chi connectivity index (χ0n) is 17.7. The highest BCUT2D eigenvalue weighted by molar-refractivity contribution is 5.59. The Hall–Kier alpha value is -3.99. The highest BCUT2D eigenvalue weighted by Crippen LogP contribution is 2.23. The monoisotopic (exact) mass is 469 g/mol. The van der Waals surface area contributed by atoms with Gasteiger partial charge in [0.2, 0.25) is 5.82 Å². The van der Waals surface area contributed by atoms with Gasteiger partial charge in [-0.2, -0.15) is 10.1 Å². The van der Waals surface area contributed by atoms with E-state index in [4.69, 9.17) is 9.26 Å². The minimum Gasteiger partial charge on any atom is -0.378 e. The molecule has 1 aliphatic heterocycles. The zero-order valence-corrected chi connectivity index (χ0v) is 17.7. The van der Waals surface area contributed by atoms with Crippen LogP contribution in [0.15, 0.2) is 57.8 Å². The van der Waals surface area contributed by atoms with Gasteiger partial charge in [0.25, 0.3) is 5.56 Å². The van der Waals surface area contributed by atoms with Crippen molar-refractivity contribution in [1.29, 1.82) is 0 Å². The zero-order chi connectivity index (χ0) is 23.7. The Bertz CT molecular complexity index is 1380. The molecule has 34 heavy (non-hydrogen) atoms. The number of halogens is 3. The lowest BCUT2D eigenvalue weighted by Gasteiger charge is -2.24. The first-order valence-electron chi connectivity index (χ1n) is 10.5. The molecule has 11 heteroatoms. The summed E-state index contributed by atoms with van der Waals surface area (Å²) in [6.07, 6.45) is 0. The Labute approximate surface area is 191 Å². The first-order valence-corrected chi connectivity index (χ1v) is 10.5. The summed E-state index contributed by atoms with van der Waals surface area (Å²) in [7, 11) is 0. The summed E-state index contributed by atoms with van der Waals surface area (Å²) < 4.78 is 52.4. The van der Waals surface area contributed by atoms with Gasteiger partial charge in [-0.25, -0.2) is 17.9 Å². The number of hydrogen-bond donors (Lipinski definition) is 0. The predicted octanol–water partition coefficient (Wildman–Crippen LogP) is 3.26.